The average molecular weight is 258 g/mol. The fraction of sp³-hybridized carbons (Fsp3) is 0.647. The molecule has 19 heavy (non-hydrogen) atoms. The van der Waals surface area contributed by atoms with Crippen LogP contribution in [-0.2, 0) is 0 Å². The van der Waals surface area contributed by atoms with Crippen LogP contribution in [-0.4, -0.2) is 30.1 Å². The molecular formula is C17H26N2. The Morgan fingerprint density at radius 1 is 1.21 bits per heavy atom. The van der Waals surface area contributed by atoms with Crippen LogP contribution in [0.4, 0.5) is 0 Å². The summed E-state index contributed by atoms with van der Waals surface area (Å²) in [5, 5.41) is 3.74. The monoisotopic (exact) mass is 258 g/mol. The fourth-order valence-electron chi connectivity index (χ4n) is 3.69. The van der Waals surface area contributed by atoms with Crippen molar-refractivity contribution in [3.05, 3.63) is 35.9 Å². The first-order valence-electron chi connectivity index (χ1n) is 7.82. The second-order valence-corrected chi connectivity index (χ2v) is 6.36. The van der Waals surface area contributed by atoms with Gasteiger partial charge in [0.2, 0.25) is 0 Å². The van der Waals surface area contributed by atoms with Crippen LogP contribution in [0.1, 0.15) is 44.7 Å². The van der Waals surface area contributed by atoms with E-state index in [0.717, 1.165) is 24.5 Å². The topological polar surface area (TPSA) is 15.3 Å². The molecular weight excluding hydrogens is 232 g/mol. The summed E-state index contributed by atoms with van der Waals surface area (Å²) in [4.78, 5) is 2.79. The number of hydrogen-bond acceptors (Lipinski definition) is 2. The van der Waals surface area contributed by atoms with Gasteiger partial charge in [0, 0.05) is 31.2 Å². The van der Waals surface area contributed by atoms with Gasteiger partial charge in [-0.2, -0.15) is 0 Å². The van der Waals surface area contributed by atoms with Gasteiger partial charge in [-0.25, -0.2) is 0 Å². The molecule has 1 aliphatic carbocycles. The third kappa shape index (κ3) is 2.70. The summed E-state index contributed by atoms with van der Waals surface area (Å²) in [6, 6.07) is 13.0. The predicted octanol–water partition coefficient (Wildman–Crippen LogP) is 3.21. The highest BCUT2D eigenvalue weighted by molar-refractivity contribution is 5.20. The summed E-state index contributed by atoms with van der Waals surface area (Å²) in [5.74, 6) is 0.938. The zero-order valence-electron chi connectivity index (χ0n) is 12.2. The maximum Gasteiger partial charge on any atom is 0.0450 e. The molecule has 2 heteroatoms. The minimum absolute atomic E-state index is 0.514. The Labute approximate surface area is 117 Å². The van der Waals surface area contributed by atoms with E-state index < -0.39 is 0 Å². The molecule has 1 saturated carbocycles. The molecule has 1 saturated heterocycles. The molecule has 2 atom stereocenters. The molecule has 1 aliphatic heterocycles. The number of nitrogens with one attached hydrogen (secondary N) is 1. The van der Waals surface area contributed by atoms with Crippen molar-refractivity contribution in [2.45, 2.75) is 51.2 Å². The zero-order chi connectivity index (χ0) is 13.2. The Kier molecular flexibility index (Phi) is 3.90. The van der Waals surface area contributed by atoms with Crippen LogP contribution in [0.2, 0.25) is 0 Å². The van der Waals surface area contributed by atoms with Crippen LogP contribution in [0.5, 0.6) is 0 Å². The first-order valence-corrected chi connectivity index (χ1v) is 7.82. The molecule has 1 aromatic rings. The Morgan fingerprint density at radius 3 is 2.58 bits per heavy atom. The fourth-order valence-corrected chi connectivity index (χ4v) is 3.69. The van der Waals surface area contributed by atoms with E-state index in [9.17, 15) is 0 Å². The van der Waals surface area contributed by atoms with E-state index in [-0.39, 0.29) is 0 Å². The van der Waals surface area contributed by atoms with Gasteiger partial charge in [-0.1, -0.05) is 44.2 Å². The van der Waals surface area contributed by atoms with E-state index in [1.807, 2.05) is 0 Å². The van der Waals surface area contributed by atoms with Crippen LogP contribution in [0.25, 0.3) is 0 Å². The van der Waals surface area contributed by atoms with Crippen molar-refractivity contribution in [3.8, 4) is 0 Å². The molecule has 2 aliphatic rings. The van der Waals surface area contributed by atoms with E-state index in [4.69, 9.17) is 0 Å². The number of hydrogen-bond donors (Lipinski definition) is 1. The third-order valence-corrected chi connectivity index (χ3v) is 4.95. The molecule has 1 heterocycles. The molecule has 3 rings (SSSR count). The van der Waals surface area contributed by atoms with Crippen LogP contribution in [0.15, 0.2) is 30.3 Å². The Hall–Kier alpha value is -0.860. The molecule has 104 valence electrons. The number of piperazine rings is 1. The number of benzene rings is 1. The normalized spacial score (nSPS) is 35.9. The largest absolute Gasteiger partial charge is 0.307 e. The SMILES string of the molecule is CCC1CNC(c2ccccc2)CN1C1CC(C)C1. The van der Waals surface area contributed by atoms with E-state index in [1.54, 1.807) is 0 Å². The highest BCUT2D eigenvalue weighted by Gasteiger charge is 2.37. The molecule has 2 unspecified atom stereocenters. The quantitative estimate of drug-likeness (QED) is 0.895. The van der Waals surface area contributed by atoms with Crippen LogP contribution < -0.4 is 5.32 Å². The Morgan fingerprint density at radius 2 is 1.95 bits per heavy atom. The van der Waals surface area contributed by atoms with Gasteiger partial charge >= 0.3 is 0 Å². The van der Waals surface area contributed by atoms with Gasteiger partial charge in [0.1, 0.15) is 0 Å². The van der Waals surface area contributed by atoms with Gasteiger partial charge in [-0.05, 0) is 30.7 Å². The number of rotatable bonds is 3. The summed E-state index contributed by atoms with van der Waals surface area (Å²) < 4.78 is 0. The third-order valence-electron chi connectivity index (χ3n) is 4.95. The van der Waals surface area contributed by atoms with Crippen molar-refractivity contribution in [1.29, 1.82) is 0 Å². The van der Waals surface area contributed by atoms with E-state index in [0.29, 0.717) is 6.04 Å². The number of nitrogens with zero attached hydrogens (tertiary/aromatic N) is 1. The van der Waals surface area contributed by atoms with Crippen molar-refractivity contribution >= 4 is 0 Å². The highest BCUT2D eigenvalue weighted by atomic mass is 15.3. The molecule has 2 nitrogen and oxygen atoms in total. The first-order chi connectivity index (χ1) is 9.28. The van der Waals surface area contributed by atoms with Crippen LogP contribution in [0, 0.1) is 5.92 Å². The van der Waals surface area contributed by atoms with Gasteiger partial charge in [0.25, 0.3) is 0 Å². The molecule has 0 spiro atoms. The lowest BCUT2D eigenvalue weighted by atomic mass is 9.79. The van der Waals surface area contributed by atoms with Crippen LogP contribution in [0.3, 0.4) is 0 Å². The lowest BCUT2D eigenvalue weighted by molar-refractivity contribution is 0.0165. The summed E-state index contributed by atoms with van der Waals surface area (Å²) in [6.45, 7) is 7.03. The van der Waals surface area contributed by atoms with Crippen LogP contribution >= 0.6 is 0 Å². The smallest absolute Gasteiger partial charge is 0.0450 e. The molecule has 0 radical (unpaired) electrons. The van der Waals surface area contributed by atoms with E-state index in [1.165, 1.54) is 31.4 Å². The first kappa shape index (κ1) is 13.1. The van der Waals surface area contributed by atoms with Crippen molar-refractivity contribution in [3.63, 3.8) is 0 Å². The maximum absolute atomic E-state index is 3.74. The molecule has 1 N–H and O–H groups in total. The molecule has 2 fully saturated rings. The molecule has 0 bridgehead atoms. The standard InChI is InChI=1S/C17H26N2/c1-3-15-11-18-17(14-7-5-4-6-8-14)12-19(15)16-9-13(2)10-16/h4-8,13,15-18H,3,9-12H2,1-2H3. The van der Waals surface area contributed by atoms with Gasteiger partial charge in [-0.15, -0.1) is 0 Å². The minimum atomic E-state index is 0.514. The highest BCUT2D eigenvalue weighted by Crippen LogP contribution is 2.35. The molecule has 0 amide bonds. The van der Waals surface area contributed by atoms with Crippen molar-refractivity contribution < 1.29 is 0 Å². The van der Waals surface area contributed by atoms with Gasteiger partial charge in [-0.3, -0.25) is 4.90 Å². The zero-order valence-corrected chi connectivity index (χ0v) is 12.2. The second-order valence-electron chi connectivity index (χ2n) is 6.36. The van der Waals surface area contributed by atoms with E-state index >= 15 is 0 Å². The lowest BCUT2D eigenvalue weighted by Crippen LogP contribution is -2.58. The van der Waals surface area contributed by atoms with Gasteiger partial charge in [0.05, 0.1) is 0 Å². The summed E-state index contributed by atoms with van der Waals surface area (Å²) in [7, 11) is 0. The predicted molar refractivity (Wildman–Crippen MR) is 80.2 cm³/mol. The second kappa shape index (κ2) is 5.64. The van der Waals surface area contributed by atoms with Gasteiger partial charge < -0.3 is 5.32 Å². The Balaban J connectivity index is 1.70. The van der Waals surface area contributed by atoms with Crippen molar-refractivity contribution in [1.82, 2.24) is 10.2 Å². The molecule has 0 aromatic heterocycles. The summed E-state index contributed by atoms with van der Waals surface area (Å²) in [6.07, 6.45) is 4.06. The van der Waals surface area contributed by atoms with Crippen molar-refractivity contribution in [2.75, 3.05) is 13.1 Å². The van der Waals surface area contributed by atoms with Crippen molar-refractivity contribution in [2.24, 2.45) is 5.92 Å². The minimum Gasteiger partial charge on any atom is -0.307 e. The average Bonchev–Trinajstić information content (AvgIpc) is 2.44. The summed E-state index contributed by atoms with van der Waals surface area (Å²) >= 11 is 0. The van der Waals surface area contributed by atoms with Gasteiger partial charge in [0.15, 0.2) is 0 Å². The Bertz CT molecular complexity index is 397. The van der Waals surface area contributed by atoms with E-state index in [2.05, 4.69) is 54.4 Å². The maximum atomic E-state index is 3.74. The molecule has 1 aromatic carbocycles. The lowest BCUT2D eigenvalue weighted by Gasteiger charge is -2.49. The summed E-state index contributed by atoms with van der Waals surface area (Å²) in [5.41, 5.74) is 1.44.